The summed E-state index contributed by atoms with van der Waals surface area (Å²) in [7, 11) is 0. The lowest BCUT2D eigenvalue weighted by molar-refractivity contribution is -0.127. The molecule has 31 heavy (non-hydrogen) atoms. The fourth-order valence-corrected chi connectivity index (χ4v) is 6.78. The largest absolute Gasteiger partial charge is 0.457 e. The molecule has 0 aliphatic heterocycles. The zero-order chi connectivity index (χ0) is 21.4. The Kier molecular flexibility index (Phi) is 5.65. The van der Waals surface area contributed by atoms with Gasteiger partial charge in [-0.2, -0.15) is 0 Å². The van der Waals surface area contributed by atoms with Crippen LogP contribution >= 0.6 is 23.8 Å². The molecular formula is C25H27ClN2O2S. The Morgan fingerprint density at radius 1 is 0.935 bits per heavy atom. The SMILES string of the molecule is O=C(CC12CC3CC(CC(C3)C1)C2)NC(=S)Nc1ccc(Oc2ccc(Cl)cc2)cc1. The fraction of sp³-hybridized carbons (Fsp3) is 0.440. The summed E-state index contributed by atoms with van der Waals surface area (Å²) in [4.78, 5) is 12.7. The van der Waals surface area contributed by atoms with Crippen LogP contribution in [0.15, 0.2) is 48.5 Å². The molecule has 2 N–H and O–H groups in total. The van der Waals surface area contributed by atoms with Crippen molar-refractivity contribution in [2.45, 2.75) is 44.9 Å². The van der Waals surface area contributed by atoms with E-state index in [1.807, 2.05) is 36.4 Å². The van der Waals surface area contributed by atoms with Gasteiger partial charge in [-0.05, 0) is 122 Å². The van der Waals surface area contributed by atoms with Gasteiger partial charge in [0.1, 0.15) is 11.5 Å². The molecule has 4 bridgehead atoms. The molecule has 0 heterocycles. The Morgan fingerprint density at radius 2 is 1.45 bits per heavy atom. The van der Waals surface area contributed by atoms with E-state index < -0.39 is 0 Å². The molecule has 4 nitrogen and oxygen atoms in total. The summed E-state index contributed by atoms with van der Waals surface area (Å²) in [6.45, 7) is 0. The van der Waals surface area contributed by atoms with Crippen molar-refractivity contribution in [1.82, 2.24) is 5.32 Å². The van der Waals surface area contributed by atoms with Crippen LogP contribution in [-0.2, 0) is 4.79 Å². The highest BCUT2D eigenvalue weighted by Gasteiger charge is 2.51. The number of carbonyl (C=O) groups excluding carboxylic acids is 1. The van der Waals surface area contributed by atoms with Crippen molar-refractivity contribution >= 4 is 40.5 Å². The van der Waals surface area contributed by atoms with Crippen LogP contribution in [0.2, 0.25) is 5.02 Å². The summed E-state index contributed by atoms with van der Waals surface area (Å²) >= 11 is 11.3. The molecule has 6 heteroatoms. The molecule has 0 spiro atoms. The minimum absolute atomic E-state index is 0.0436. The maximum Gasteiger partial charge on any atom is 0.226 e. The van der Waals surface area contributed by atoms with Crippen LogP contribution in [0, 0.1) is 23.2 Å². The molecule has 1 amide bonds. The Bertz CT molecular complexity index is 939. The lowest BCUT2D eigenvalue weighted by atomic mass is 9.49. The van der Waals surface area contributed by atoms with E-state index in [0.717, 1.165) is 29.2 Å². The Labute approximate surface area is 193 Å². The monoisotopic (exact) mass is 454 g/mol. The van der Waals surface area contributed by atoms with Crippen molar-refractivity contribution < 1.29 is 9.53 Å². The first-order valence-electron chi connectivity index (χ1n) is 11.1. The first kappa shape index (κ1) is 20.8. The van der Waals surface area contributed by atoms with Crippen molar-refractivity contribution in [1.29, 1.82) is 0 Å². The van der Waals surface area contributed by atoms with Crippen LogP contribution in [0.3, 0.4) is 0 Å². The molecule has 4 aliphatic rings. The fourth-order valence-electron chi connectivity index (χ4n) is 6.43. The van der Waals surface area contributed by atoms with Crippen LogP contribution in [0.5, 0.6) is 11.5 Å². The average Bonchev–Trinajstić information content (AvgIpc) is 2.69. The third kappa shape index (κ3) is 4.88. The number of benzene rings is 2. The van der Waals surface area contributed by atoms with Crippen molar-refractivity contribution in [3.8, 4) is 11.5 Å². The van der Waals surface area contributed by atoms with E-state index in [0.29, 0.717) is 22.3 Å². The molecule has 4 aliphatic carbocycles. The van der Waals surface area contributed by atoms with Gasteiger partial charge in [-0.25, -0.2) is 0 Å². The molecule has 0 radical (unpaired) electrons. The molecule has 2 aromatic carbocycles. The van der Waals surface area contributed by atoms with Gasteiger partial charge in [0.25, 0.3) is 0 Å². The molecule has 0 saturated heterocycles. The number of ether oxygens (including phenoxy) is 1. The van der Waals surface area contributed by atoms with E-state index in [1.165, 1.54) is 38.5 Å². The van der Waals surface area contributed by atoms with Gasteiger partial charge in [0.15, 0.2) is 5.11 Å². The average molecular weight is 455 g/mol. The molecule has 162 valence electrons. The molecular weight excluding hydrogens is 428 g/mol. The first-order chi connectivity index (χ1) is 14.9. The van der Waals surface area contributed by atoms with Crippen LogP contribution in [-0.4, -0.2) is 11.0 Å². The number of anilines is 1. The maximum absolute atomic E-state index is 12.7. The highest BCUT2D eigenvalue weighted by molar-refractivity contribution is 7.80. The summed E-state index contributed by atoms with van der Waals surface area (Å²) in [5.74, 6) is 4.01. The van der Waals surface area contributed by atoms with Crippen molar-refractivity contribution in [2.75, 3.05) is 5.32 Å². The predicted octanol–water partition coefficient (Wildman–Crippen LogP) is 6.55. The number of halogens is 1. The van der Waals surface area contributed by atoms with Crippen LogP contribution in [0.25, 0.3) is 0 Å². The van der Waals surface area contributed by atoms with Gasteiger partial charge in [0, 0.05) is 17.1 Å². The highest BCUT2D eigenvalue weighted by atomic mass is 35.5. The van der Waals surface area contributed by atoms with Gasteiger partial charge in [-0.3, -0.25) is 4.79 Å². The zero-order valence-electron chi connectivity index (χ0n) is 17.4. The summed E-state index contributed by atoms with van der Waals surface area (Å²) in [6, 6.07) is 14.7. The van der Waals surface area contributed by atoms with E-state index in [9.17, 15) is 4.79 Å². The van der Waals surface area contributed by atoms with E-state index in [2.05, 4.69) is 10.6 Å². The van der Waals surface area contributed by atoms with Crippen molar-refractivity contribution in [3.63, 3.8) is 0 Å². The summed E-state index contributed by atoms with van der Waals surface area (Å²) < 4.78 is 5.80. The van der Waals surface area contributed by atoms with Crippen molar-refractivity contribution in [3.05, 3.63) is 53.6 Å². The minimum atomic E-state index is 0.0436. The second-order valence-corrected chi connectivity index (χ2v) is 10.5. The standard InChI is InChI=1S/C25H27ClN2O2S/c26-19-1-5-21(6-2-19)30-22-7-3-20(4-8-22)27-24(31)28-23(29)15-25-12-16-9-17(13-25)11-18(10-16)14-25/h1-8,16-18H,9-15H2,(H2,27,28,29,31). The topological polar surface area (TPSA) is 50.4 Å². The highest BCUT2D eigenvalue weighted by Crippen LogP contribution is 2.61. The smallest absolute Gasteiger partial charge is 0.226 e. The third-order valence-corrected chi connectivity index (χ3v) is 7.57. The third-order valence-electron chi connectivity index (χ3n) is 7.12. The van der Waals surface area contributed by atoms with Gasteiger partial charge >= 0.3 is 0 Å². The Hall–Kier alpha value is -2.11. The predicted molar refractivity (Wildman–Crippen MR) is 128 cm³/mol. The molecule has 6 rings (SSSR count). The molecule has 0 unspecified atom stereocenters. The molecule has 4 saturated carbocycles. The number of carbonyl (C=O) groups is 1. The first-order valence-corrected chi connectivity index (χ1v) is 11.9. The number of rotatable bonds is 5. The lowest BCUT2D eigenvalue weighted by Gasteiger charge is -2.56. The number of hydrogen-bond donors (Lipinski definition) is 2. The van der Waals surface area contributed by atoms with E-state index in [4.69, 9.17) is 28.6 Å². The normalized spacial score (nSPS) is 28.2. The second kappa shape index (κ2) is 8.44. The van der Waals surface area contributed by atoms with Gasteiger partial charge in [0.2, 0.25) is 5.91 Å². The Balaban J connectivity index is 1.13. The lowest BCUT2D eigenvalue weighted by Crippen LogP contribution is -2.48. The number of thiocarbonyl (C=S) groups is 1. The maximum atomic E-state index is 12.7. The van der Waals surface area contributed by atoms with Crippen molar-refractivity contribution in [2.24, 2.45) is 23.2 Å². The second-order valence-electron chi connectivity index (χ2n) is 9.68. The molecule has 0 atom stereocenters. The minimum Gasteiger partial charge on any atom is -0.457 e. The number of nitrogens with one attached hydrogen (secondary N) is 2. The van der Waals surface area contributed by atoms with Crippen LogP contribution < -0.4 is 15.4 Å². The number of hydrogen-bond acceptors (Lipinski definition) is 3. The van der Waals surface area contributed by atoms with Gasteiger partial charge in [-0.1, -0.05) is 11.6 Å². The molecule has 0 aromatic heterocycles. The van der Waals surface area contributed by atoms with E-state index >= 15 is 0 Å². The van der Waals surface area contributed by atoms with E-state index in [-0.39, 0.29) is 11.3 Å². The quantitative estimate of drug-likeness (QED) is 0.503. The van der Waals surface area contributed by atoms with Gasteiger partial charge in [-0.15, -0.1) is 0 Å². The van der Waals surface area contributed by atoms with Crippen LogP contribution in [0.4, 0.5) is 5.69 Å². The van der Waals surface area contributed by atoms with Gasteiger partial charge in [0.05, 0.1) is 0 Å². The summed E-state index contributed by atoms with van der Waals surface area (Å²) in [5.41, 5.74) is 1.03. The number of amides is 1. The van der Waals surface area contributed by atoms with E-state index in [1.54, 1.807) is 12.1 Å². The zero-order valence-corrected chi connectivity index (χ0v) is 19.0. The molecule has 4 fully saturated rings. The summed E-state index contributed by atoms with van der Waals surface area (Å²) in [5, 5.41) is 7.03. The molecule has 2 aromatic rings. The Morgan fingerprint density at radius 3 is 2.00 bits per heavy atom. The van der Waals surface area contributed by atoms with Gasteiger partial charge < -0.3 is 15.4 Å². The van der Waals surface area contributed by atoms with Crippen LogP contribution in [0.1, 0.15) is 44.9 Å². The summed E-state index contributed by atoms with van der Waals surface area (Å²) in [6.07, 6.45) is 8.44.